The minimum absolute atomic E-state index is 0.141. The van der Waals surface area contributed by atoms with Gasteiger partial charge in [0.2, 0.25) is 21.8 Å². The third kappa shape index (κ3) is 6.23. The zero-order valence-corrected chi connectivity index (χ0v) is 20.2. The molecule has 0 radical (unpaired) electrons. The SMILES string of the molecule is CNC(=O)[C@H](C)N(Cc1ccc(OC)cc1)C(=O)CN(c1cc(C)ccc1C)S(C)(=O)=O. The quantitative estimate of drug-likeness (QED) is 0.618. The second-order valence-electron chi connectivity index (χ2n) is 7.72. The summed E-state index contributed by atoms with van der Waals surface area (Å²) in [4.78, 5) is 27.1. The molecule has 174 valence electrons. The van der Waals surface area contributed by atoms with Crippen molar-refractivity contribution in [1.82, 2.24) is 10.2 Å². The van der Waals surface area contributed by atoms with Crippen molar-refractivity contribution >= 4 is 27.5 Å². The standard InChI is InChI=1S/C23H31N3O5S/c1-16-7-8-17(2)21(13-16)26(32(6,29)30)15-22(27)25(18(3)23(28)24-4)14-19-9-11-20(31-5)12-10-19/h7-13,18H,14-15H2,1-6H3,(H,24,28)/t18-/m0/s1. The first-order valence-corrected chi connectivity index (χ1v) is 12.0. The highest BCUT2D eigenvalue weighted by atomic mass is 32.2. The van der Waals surface area contributed by atoms with Crippen LogP contribution in [0.15, 0.2) is 42.5 Å². The number of ether oxygens (including phenoxy) is 1. The number of anilines is 1. The van der Waals surface area contributed by atoms with Gasteiger partial charge in [0.15, 0.2) is 0 Å². The highest BCUT2D eigenvalue weighted by Crippen LogP contribution is 2.24. The summed E-state index contributed by atoms with van der Waals surface area (Å²) in [6.45, 7) is 4.99. The lowest BCUT2D eigenvalue weighted by Gasteiger charge is -2.31. The number of hydrogen-bond acceptors (Lipinski definition) is 5. The fourth-order valence-electron chi connectivity index (χ4n) is 3.30. The molecule has 9 heteroatoms. The smallest absolute Gasteiger partial charge is 0.244 e. The molecule has 0 saturated heterocycles. The predicted molar refractivity (Wildman–Crippen MR) is 125 cm³/mol. The molecule has 2 amide bonds. The van der Waals surface area contributed by atoms with Gasteiger partial charge in [0.1, 0.15) is 18.3 Å². The Morgan fingerprint density at radius 2 is 1.72 bits per heavy atom. The Bertz CT molecular complexity index is 1070. The van der Waals surface area contributed by atoms with Crippen LogP contribution < -0.4 is 14.4 Å². The molecule has 0 heterocycles. The summed E-state index contributed by atoms with van der Waals surface area (Å²) in [6.07, 6.45) is 1.07. The van der Waals surface area contributed by atoms with Crippen LogP contribution in [-0.2, 0) is 26.2 Å². The Labute approximate surface area is 190 Å². The Morgan fingerprint density at radius 1 is 1.09 bits per heavy atom. The summed E-state index contributed by atoms with van der Waals surface area (Å²) in [6, 6.07) is 11.8. The van der Waals surface area contributed by atoms with E-state index in [1.54, 1.807) is 51.3 Å². The van der Waals surface area contributed by atoms with Crippen LogP contribution in [-0.4, -0.2) is 58.1 Å². The molecule has 1 N–H and O–H groups in total. The number of carbonyl (C=O) groups is 2. The zero-order valence-electron chi connectivity index (χ0n) is 19.4. The number of benzene rings is 2. The van der Waals surface area contributed by atoms with E-state index in [1.165, 1.54) is 11.9 Å². The predicted octanol–water partition coefficient (Wildman–Crippen LogP) is 2.24. The van der Waals surface area contributed by atoms with Crippen molar-refractivity contribution in [3.05, 3.63) is 59.2 Å². The van der Waals surface area contributed by atoms with Crippen molar-refractivity contribution in [3.8, 4) is 5.75 Å². The van der Waals surface area contributed by atoms with Crippen LogP contribution in [0.4, 0.5) is 5.69 Å². The second-order valence-corrected chi connectivity index (χ2v) is 9.63. The first kappa shape index (κ1) is 25.2. The summed E-state index contributed by atoms with van der Waals surface area (Å²) < 4.78 is 31.5. The molecule has 2 aromatic rings. The second kappa shape index (κ2) is 10.5. The van der Waals surface area contributed by atoms with Crippen molar-refractivity contribution in [2.24, 2.45) is 0 Å². The van der Waals surface area contributed by atoms with Crippen molar-refractivity contribution in [3.63, 3.8) is 0 Å². The van der Waals surface area contributed by atoms with Crippen LogP contribution >= 0.6 is 0 Å². The number of amides is 2. The zero-order chi connectivity index (χ0) is 24.1. The number of likely N-dealkylation sites (N-methyl/N-ethyl adjacent to an activating group) is 1. The maximum Gasteiger partial charge on any atom is 0.244 e. The van der Waals surface area contributed by atoms with E-state index < -0.39 is 28.5 Å². The van der Waals surface area contributed by atoms with Crippen molar-refractivity contribution in [1.29, 1.82) is 0 Å². The maximum atomic E-state index is 13.4. The molecule has 0 saturated carbocycles. The fraction of sp³-hybridized carbons (Fsp3) is 0.391. The lowest BCUT2D eigenvalue weighted by molar-refractivity contribution is -0.139. The molecule has 32 heavy (non-hydrogen) atoms. The molecule has 2 aromatic carbocycles. The summed E-state index contributed by atoms with van der Waals surface area (Å²) in [5.41, 5.74) is 2.83. The van der Waals surface area contributed by atoms with Gasteiger partial charge in [0.25, 0.3) is 0 Å². The average Bonchev–Trinajstić information content (AvgIpc) is 2.76. The molecule has 0 aliphatic carbocycles. The lowest BCUT2D eigenvalue weighted by atomic mass is 10.1. The van der Waals surface area contributed by atoms with Gasteiger partial charge in [-0.25, -0.2) is 8.42 Å². The van der Waals surface area contributed by atoms with Gasteiger partial charge in [0, 0.05) is 13.6 Å². The van der Waals surface area contributed by atoms with Gasteiger partial charge in [-0.15, -0.1) is 0 Å². The Hall–Kier alpha value is -3.07. The molecular formula is C23H31N3O5S. The molecule has 0 spiro atoms. The van der Waals surface area contributed by atoms with Gasteiger partial charge in [-0.1, -0.05) is 24.3 Å². The first-order chi connectivity index (χ1) is 15.0. The molecule has 2 rings (SSSR count). The van der Waals surface area contributed by atoms with Crippen LogP contribution in [0.5, 0.6) is 5.75 Å². The van der Waals surface area contributed by atoms with E-state index in [0.29, 0.717) is 11.4 Å². The van der Waals surface area contributed by atoms with Gasteiger partial charge < -0.3 is 15.0 Å². The van der Waals surface area contributed by atoms with Gasteiger partial charge >= 0.3 is 0 Å². The molecule has 0 bridgehead atoms. The lowest BCUT2D eigenvalue weighted by Crippen LogP contribution is -2.50. The first-order valence-electron chi connectivity index (χ1n) is 10.2. The molecule has 0 unspecified atom stereocenters. The molecule has 8 nitrogen and oxygen atoms in total. The number of nitrogens with zero attached hydrogens (tertiary/aromatic N) is 2. The van der Waals surface area contributed by atoms with Crippen molar-refractivity contribution in [2.45, 2.75) is 33.4 Å². The summed E-state index contributed by atoms with van der Waals surface area (Å²) >= 11 is 0. The Kier molecular flexibility index (Phi) is 8.26. The number of sulfonamides is 1. The third-order valence-electron chi connectivity index (χ3n) is 5.24. The minimum Gasteiger partial charge on any atom is -0.497 e. The van der Waals surface area contributed by atoms with E-state index in [2.05, 4.69) is 5.32 Å². The van der Waals surface area contributed by atoms with E-state index in [0.717, 1.165) is 27.3 Å². The van der Waals surface area contributed by atoms with Gasteiger partial charge in [0.05, 0.1) is 19.1 Å². The number of carbonyl (C=O) groups excluding carboxylic acids is 2. The highest BCUT2D eigenvalue weighted by Gasteiger charge is 2.30. The van der Waals surface area contributed by atoms with Crippen LogP contribution in [0.25, 0.3) is 0 Å². The number of methoxy groups -OCH3 is 1. The maximum absolute atomic E-state index is 13.4. The van der Waals surface area contributed by atoms with E-state index in [4.69, 9.17) is 4.74 Å². The van der Waals surface area contributed by atoms with E-state index >= 15 is 0 Å². The number of rotatable bonds is 9. The molecular weight excluding hydrogens is 430 g/mol. The monoisotopic (exact) mass is 461 g/mol. The molecule has 1 atom stereocenters. The van der Waals surface area contributed by atoms with E-state index in [1.807, 2.05) is 19.1 Å². The van der Waals surface area contributed by atoms with E-state index in [-0.39, 0.29) is 12.5 Å². The van der Waals surface area contributed by atoms with Gasteiger partial charge in [-0.3, -0.25) is 13.9 Å². The fourth-order valence-corrected chi connectivity index (χ4v) is 4.20. The Balaban J connectivity index is 2.41. The number of hydrogen-bond donors (Lipinski definition) is 1. The summed E-state index contributed by atoms with van der Waals surface area (Å²) in [5, 5.41) is 2.55. The topological polar surface area (TPSA) is 96.0 Å². The third-order valence-corrected chi connectivity index (χ3v) is 6.36. The average molecular weight is 462 g/mol. The molecule has 0 aromatic heterocycles. The molecule has 0 aliphatic rings. The van der Waals surface area contributed by atoms with Crippen LogP contribution in [0.3, 0.4) is 0 Å². The molecule has 0 fully saturated rings. The Morgan fingerprint density at radius 3 is 2.25 bits per heavy atom. The van der Waals surface area contributed by atoms with E-state index in [9.17, 15) is 18.0 Å². The molecule has 0 aliphatic heterocycles. The number of aryl methyl sites for hydroxylation is 2. The van der Waals surface area contributed by atoms with Gasteiger partial charge in [-0.2, -0.15) is 0 Å². The van der Waals surface area contributed by atoms with Crippen molar-refractivity contribution < 1.29 is 22.7 Å². The largest absolute Gasteiger partial charge is 0.497 e. The van der Waals surface area contributed by atoms with Crippen LogP contribution in [0, 0.1) is 13.8 Å². The number of nitrogens with one attached hydrogen (secondary N) is 1. The summed E-state index contributed by atoms with van der Waals surface area (Å²) in [7, 11) is -0.696. The highest BCUT2D eigenvalue weighted by molar-refractivity contribution is 7.92. The normalized spacial score (nSPS) is 12.1. The van der Waals surface area contributed by atoms with Gasteiger partial charge in [-0.05, 0) is 55.7 Å². The van der Waals surface area contributed by atoms with Crippen molar-refractivity contribution in [2.75, 3.05) is 31.3 Å². The van der Waals surface area contributed by atoms with Crippen LogP contribution in [0.1, 0.15) is 23.6 Å². The minimum atomic E-state index is -3.75. The van der Waals surface area contributed by atoms with Crippen LogP contribution in [0.2, 0.25) is 0 Å². The summed E-state index contributed by atoms with van der Waals surface area (Å²) in [5.74, 6) is -0.156.